The number of morpholine rings is 1. The molecule has 2 heterocycles. The standard InChI is InChI=1S/C31H31BrF3N3O6/c1-18-25(20-16-19(32)6-7-21(20)36-26(18)38-12-14-42-15-13-38)27(39)37-30-10-8-29(9-11-30,28(40)41)17-24(30)43-22-4-2-3-5-23(22)44-31(33,34)35/h2-7,16,24H,8-15,17H2,1H3,(H,37,39)(H,40,41)/t24-,29?,30?/m1/s1. The number of pyridine rings is 1. The predicted molar refractivity (Wildman–Crippen MR) is 158 cm³/mol. The number of anilines is 1. The molecule has 7 rings (SSSR count). The summed E-state index contributed by atoms with van der Waals surface area (Å²) in [6.07, 6.45) is -4.72. The Hall–Kier alpha value is -3.58. The van der Waals surface area contributed by atoms with Crippen LogP contribution in [0.25, 0.3) is 10.9 Å². The van der Waals surface area contributed by atoms with E-state index in [0.717, 1.165) is 10.5 Å². The van der Waals surface area contributed by atoms with Gasteiger partial charge in [0.25, 0.3) is 5.91 Å². The van der Waals surface area contributed by atoms with Crippen molar-refractivity contribution in [1.29, 1.82) is 0 Å². The number of aromatic nitrogens is 1. The Morgan fingerprint density at radius 2 is 1.77 bits per heavy atom. The van der Waals surface area contributed by atoms with Crippen molar-refractivity contribution in [1.82, 2.24) is 10.3 Å². The molecule has 2 bridgehead atoms. The first kappa shape index (κ1) is 30.4. The zero-order valence-corrected chi connectivity index (χ0v) is 25.5. The molecule has 2 N–H and O–H groups in total. The second kappa shape index (κ2) is 11.4. The lowest BCUT2D eigenvalue weighted by Crippen LogP contribution is -2.67. The molecule has 4 aliphatic rings. The third-order valence-electron chi connectivity index (χ3n) is 9.15. The van der Waals surface area contributed by atoms with Gasteiger partial charge in [0.1, 0.15) is 11.9 Å². The molecular formula is C31H31BrF3N3O6. The molecule has 4 fully saturated rings. The van der Waals surface area contributed by atoms with E-state index in [2.05, 4.69) is 30.9 Å². The number of halogens is 4. The van der Waals surface area contributed by atoms with Crippen molar-refractivity contribution in [3.8, 4) is 11.5 Å². The molecule has 1 amide bonds. The highest BCUT2D eigenvalue weighted by Gasteiger charge is 2.60. The minimum atomic E-state index is -4.95. The smallest absolute Gasteiger partial charge is 0.484 e. The average molecular weight is 679 g/mol. The molecule has 44 heavy (non-hydrogen) atoms. The summed E-state index contributed by atoms with van der Waals surface area (Å²) in [7, 11) is 0. The first-order chi connectivity index (χ1) is 20.9. The van der Waals surface area contributed by atoms with Crippen LogP contribution in [0, 0.1) is 12.3 Å². The van der Waals surface area contributed by atoms with Gasteiger partial charge in [-0.15, -0.1) is 13.2 Å². The fraction of sp³-hybridized carbons (Fsp3) is 0.452. The van der Waals surface area contributed by atoms with Crippen LogP contribution in [0.2, 0.25) is 0 Å². The second-order valence-electron chi connectivity index (χ2n) is 11.7. The number of amides is 1. The molecule has 0 unspecified atom stereocenters. The zero-order chi connectivity index (χ0) is 31.3. The summed E-state index contributed by atoms with van der Waals surface area (Å²) in [5.41, 5.74) is -0.407. The Bertz CT molecular complexity index is 1600. The van der Waals surface area contributed by atoms with Crippen LogP contribution in [0.3, 0.4) is 0 Å². The van der Waals surface area contributed by atoms with Gasteiger partial charge in [0, 0.05) is 34.9 Å². The average Bonchev–Trinajstić information content (AvgIpc) is 2.98. The maximum absolute atomic E-state index is 14.4. The molecule has 0 radical (unpaired) electrons. The molecule has 13 heteroatoms. The second-order valence-corrected chi connectivity index (χ2v) is 12.6. The zero-order valence-electron chi connectivity index (χ0n) is 23.9. The number of hydrogen-bond donors (Lipinski definition) is 2. The van der Waals surface area contributed by atoms with E-state index in [4.69, 9.17) is 14.5 Å². The van der Waals surface area contributed by atoms with Crippen LogP contribution in [0.15, 0.2) is 46.9 Å². The summed E-state index contributed by atoms with van der Waals surface area (Å²) in [5, 5.41) is 14.0. The van der Waals surface area contributed by atoms with Gasteiger partial charge >= 0.3 is 12.3 Å². The molecular weight excluding hydrogens is 647 g/mol. The number of ether oxygens (including phenoxy) is 3. The fourth-order valence-corrected chi connectivity index (χ4v) is 7.17. The summed E-state index contributed by atoms with van der Waals surface area (Å²) >= 11 is 3.50. The van der Waals surface area contributed by atoms with Gasteiger partial charge in [0.15, 0.2) is 11.5 Å². The van der Waals surface area contributed by atoms with E-state index in [1.54, 1.807) is 0 Å². The van der Waals surface area contributed by atoms with Gasteiger partial charge in [-0.1, -0.05) is 28.1 Å². The molecule has 1 aromatic heterocycles. The molecule has 3 aliphatic carbocycles. The van der Waals surface area contributed by atoms with Gasteiger partial charge in [-0.3, -0.25) is 9.59 Å². The van der Waals surface area contributed by atoms with Crippen LogP contribution in [0.1, 0.15) is 48.0 Å². The minimum absolute atomic E-state index is 0.0175. The molecule has 234 valence electrons. The summed E-state index contributed by atoms with van der Waals surface area (Å²) in [6.45, 7) is 4.16. The third kappa shape index (κ3) is 5.67. The summed E-state index contributed by atoms with van der Waals surface area (Å²) in [5.74, 6) is -1.42. The molecule has 0 spiro atoms. The van der Waals surface area contributed by atoms with Crippen LogP contribution >= 0.6 is 15.9 Å². The Morgan fingerprint density at radius 1 is 1.09 bits per heavy atom. The first-order valence-electron chi connectivity index (χ1n) is 14.4. The Labute approximate surface area is 259 Å². The summed E-state index contributed by atoms with van der Waals surface area (Å²) in [4.78, 5) is 33.8. The van der Waals surface area contributed by atoms with Gasteiger partial charge in [-0.25, -0.2) is 4.98 Å². The van der Waals surface area contributed by atoms with E-state index < -0.39 is 35.1 Å². The quantitative estimate of drug-likeness (QED) is 0.313. The lowest BCUT2D eigenvalue weighted by Gasteiger charge is -2.55. The van der Waals surface area contributed by atoms with Crippen molar-refractivity contribution in [2.75, 3.05) is 31.2 Å². The molecule has 1 atom stereocenters. The van der Waals surface area contributed by atoms with Crippen molar-refractivity contribution in [3.63, 3.8) is 0 Å². The van der Waals surface area contributed by atoms with Crippen LogP contribution in [-0.4, -0.2) is 66.3 Å². The third-order valence-corrected chi connectivity index (χ3v) is 9.65. The number of alkyl halides is 3. The van der Waals surface area contributed by atoms with Crippen molar-refractivity contribution in [2.24, 2.45) is 5.41 Å². The highest BCUT2D eigenvalue weighted by atomic mass is 79.9. The Balaban J connectivity index is 1.39. The number of carboxylic acid groups (broad SMARTS) is 1. The van der Waals surface area contributed by atoms with Crippen LogP contribution in [0.5, 0.6) is 11.5 Å². The lowest BCUT2D eigenvalue weighted by atomic mass is 9.55. The number of carbonyl (C=O) groups is 2. The van der Waals surface area contributed by atoms with Gasteiger partial charge in [-0.2, -0.15) is 0 Å². The molecule has 3 saturated carbocycles. The van der Waals surface area contributed by atoms with E-state index in [9.17, 15) is 27.9 Å². The van der Waals surface area contributed by atoms with Crippen molar-refractivity contribution >= 4 is 44.5 Å². The lowest BCUT2D eigenvalue weighted by molar-refractivity contribution is -0.275. The number of aliphatic carboxylic acids is 1. The number of fused-ring (bicyclic) bond motifs is 4. The largest absolute Gasteiger partial charge is 0.573 e. The fourth-order valence-electron chi connectivity index (χ4n) is 6.80. The van der Waals surface area contributed by atoms with Crippen LogP contribution < -0.4 is 19.7 Å². The van der Waals surface area contributed by atoms with E-state index in [1.165, 1.54) is 18.2 Å². The Kier molecular flexibility index (Phi) is 7.89. The van der Waals surface area contributed by atoms with Crippen molar-refractivity contribution in [2.45, 2.75) is 57.0 Å². The van der Waals surface area contributed by atoms with E-state index in [-0.39, 0.29) is 30.9 Å². The van der Waals surface area contributed by atoms with Crippen LogP contribution in [-0.2, 0) is 9.53 Å². The number of carboxylic acids is 1. The van der Waals surface area contributed by atoms with Gasteiger partial charge in [-0.05, 0) is 62.9 Å². The molecule has 3 aromatic rings. The highest BCUT2D eigenvalue weighted by Crippen LogP contribution is 2.54. The maximum Gasteiger partial charge on any atom is 0.573 e. The summed E-state index contributed by atoms with van der Waals surface area (Å²) < 4.78 is 56.2. The van der Waals surface area contributed by atoms with E-state index in [0.29, 0.717) is 67.0 Å². The molecule has 1 saturated heterocycles. The molecule has 1 aliphatic heterocycles. The number of hydrogen-bond acceptors (Lipinski definition) is 7. The van der Waals surface area contributed by atoms with Crippen molar-refractivity contribution in [3.05, 3.63) is 58.1 Å². The minimum Gasteiger partial charge on any atom is -0.484 e. The van der Waals surface area contributed by atoms with Gasteiger partial charge < -0.3 is 29.5 Å². The monoisotopic (exact) mass is 677 g/mol. The van der Waals surface area contributed by atoms with Crippen LogP contribution in [0.4, 0.5) is 19.0 Å². The number of benzene rings is 2. The number of nitrogens with zero attached hydrogens (tertiary/aromatic N) is 2. The SMILES string of the molecule is Cc1c(N2CCOCC2)nc2ccc(Br)cc2c1C(=O)NC12CCC(C(=O)O)(CC1)C[C@H]2Oc1ccccc1OC(F)(F)F. The van der Waals surface area contributed by atoms with Gasteiger partial charge in [0.2, 0.25) is 0 Å². The highest BCUT2D eigenvalue weighted by molar-refractivity contribution is 9.10. The van der Waals surface area contributed by atoms with Crippen molar-refractivity contribution < 1.29 is 42.1 Å². The van der Waals surface area contributed by atoms with E-state index >= 15 is 0 Å². The topological polar surface area (TPSA) is 110 Å². The molecule has 2 aromatic carbocycles. The molecule has 9 nitrogen and oxygen atoms in total. The summed E-state index contributed by atoms with van der Waals surface area (Å²) in [6, 6.07) is 10.9. The number of para-hydroxylation sites is 2. The number of rotatable bonds is 7. The predicted octanol–water partition coefficient (Wildman–Crippen LogP) is 6.01. The Morgan fingerprint density at radius 3 is 2.43 bits per heavy atom. The van der Waals surface area contributed by atoms with Gasteiger partial charge in [0.05, 0.1) is 35.2 Å². The van der Waals surface area contributed by atoms with E-state index in [1.807, 2.05) is 25.1 Å². The first-order valence-corrected chi connectivity index (χ1v) is 15.2. The maximum atomic E-state index is 14.4. The number of nitrogens with one attached hydrogen (secondary N) is 1. The normalized spacial score (nSPS) is 25.1. The number of carbonyl (C=O) groups excluding carboxylic acids is 1.